The van der Waals surface area contributed by atoms with Crippen LogP contribution in [0, 0.1) is 5.92 Å². The number of carboxylic acids is 1. The molecule has 0 aromatic carbocycles. The Hall–Kier alpha value is -0.610. The molecule has 2 saturated heterocycles. The topological polar surface area (TPSA) is 61.4 Å². The van der Waals surface area contributed by atoms with E-state index < -0.39 is 11.5 Å². The van der Waals surface area contributed by atoms with Crippen LogP contribution < -0.4 is 10.6 Å². The Morgan fingerprint density at radius 3 is 2.71 bits per heavy atom. The lowest BCUT2D eigenvalue weighted by molar-refractivity contribution is -0.148. The van der Waals surface area contributed by atoms with Crippen LogP contribution in [-0.2, 0) is 4.79 Å². The molecule has 14 heavy (non-hydrogen) atoms. The Morgan fingerprint density at radius 2 is 2.21 bits per heavy atom. The van der Waals surface area contributed by atoms with Crippen LogP contribution in [-0.4, -0.2) is 36.2 Å². The maximum Gasteiger partial charge on any atom is 0.324 e. The Kier molecular flexibility index (Phi) is 2.74. The van der Waals surface area contributed by atoms with Crippen molar-refractivity contribution in [2.24, 2.45) is 5.92 Å². The minimum absolute atomic E-state index is 0.264. The highest BCUT2D eigenvalue weighted by molar-refractivity contribution is 5.79. The first-order valence-corrected chi connectivity index (χ1v) is 5.45. The molecule has 2 unspecified atom stereocenters. The van der Waals surface area contributed by atoms with Gasteiger partial charge >= 0.3 is 5.97 Å². The van der Waals surface area contributed by atoms with Gasteiger partial charge in [-0.15, -0.1) is 0 Å². The van der Waals surface area contributed by atoms with Crippen LogP contribution in [0.3, 0.4) is 0 Å². The lowest BCUT2D eigenvalue weighted by Crippen LogP contribution is -2.60. The average Bonchev–Trinajstić information content (AvgIpc) is 2.72. The molecule has 80 valence electrons. The smallest absolute Gasteiger partial charge is 0.324 e. The van der Waals surface area contributed by atoms with E-state index in [1.807, 2.05) is 0 Å². The van der Waals surface area contributed by atoms with Crippen molar-refractivity contribution >= 4 is 5.97 Å². The predicted molar refractivity (Wildman–Crippen MR) is 53.2 cm³/mol. The molecule has 0 bridgehead atoms. The number of hydrogen-bond donors (Lipinski definition) is 3. The first kappa shape index (κ1) is 9.93. The molecule has 2 fully saturated rings. The third kappa shape index (κ3) is 1.53. The Morgan fingerprint density at radius 1 is 1.36 bits per heavy atom. The quantitative estimate of drug-likeness (QED) is 0.593. The maximum atomic E-state index is 11.4. The lowest BCUT2D eigenvalue weighted by Gasteiger charge is -2.39. The second-order valence-electron chi connectivity index (χ2n) is 4.35. The van der Waals surface area contributed by atoms with Crippen molar-refractivity contribution in [3.8, 4) is 0 Å². The van der Waals surface area contributed by atoms with Gasteiger partial charge in [-0.05, 0) is 38.8 Å². The van der Waals surface area contributed by atoms with E-state index in [0.717, 1.165) is 45.3 Å². The Labute approximate surface area is 84.1 Å². The second kappa shape index (κ2) is 3.87. The zero-order chi connectivity index (χ0) is 10.0. The molecule has 0 saturated carbocycles. The summed E-state index contributed by atoms with van der Waals surface area (Å²) in [6, 6.07) is 0. The zero-order valence-corrected chi connectivity index (χ0v) is 8.38. The third-order valence-electron chi connectivity index (χ3n) is 3.58. The molecule has 0 radical (unpaired) electrons. The van der Waals surface area contributed by atoms with Crippen molar-refractivity contribution in [2.75, 3.05) is 19.6 Å². The summed E-state index contributed by atoms with van der Waals surface area (Å²) in [5, 5.41) is 15.8. The van der Waals surface area contributed by atoms with Crippen molar-refractivity contribution < 1.29 is 9.90 Å². The standard InChI is InChI=1S/C10H18N2O2/c13-9(14)10(4-1-2-5-12-10)8-3-6-11-7-8/h8,11-12H,1-7H2,(H,13,14). The van der Waals surface area contributed by atoms with E-state index in [9.17, 15) is 9.90 Å². The molecule has 0 aromatic heterocycles. The summed E-state index contributed by atoms with van der Waals surface area (Å²) < 4.78 is 0. The largest absolute Gasteiger partial charge is 0.480 e. The molecule has 2 aliphatic heterocycles. The summed E-state index contributed by atoms with van der Waals surface area (Å²) in [7, 11) is 0. The summed E-state index contributed by atoms with van der Waals surface area (Å²) in [5.41, 5.74) is -0.637. The van der Waals surface area contributed by atoms with E-state index in [-0.39, 0.29) is 5.92 Å². The van der Waals surface area contributed by atoms with Gasteiger partial charge in [-0.3, -0.25) is 4.79 Å². The number of carboxylic acid groups (broad SMARTS) is 1. The van der Waals surface area contributed by atoms with E-state index in [1.165, 1.54) is 0 Å². The second-order valence-corrected chi connectivity index (χ2v) is 4.35. The fourth-order valence-corrected chi connectivity index (χ4v) is 2.71. The number of carbonyl (C=O) groups is 1. The minimum atomic E-state index is -0.661. The molecule has 2 aliphatic rings. The van der Waals surface area contributed by atoms with E-state index in [1.54, 1.807) is 0 Å². The lowest BCUT2D eigenvalue weighted by atomic mass is 9.77. The first-order valence-electron chi connectivity index (χ1n) is 5.45. The van der Waals surface area contributed by atoms with Crippen LogP contribution in [0.2, 0.25) is 0 Å². The molecule has 4 nitrogen and oxygen atoms in total. The van der Waals surface area contributed by atoms with E-state index in [4.69, 9.17) is 0 Å². The molecule has 2 atom stereocenters. The molecule has 0 amide bonds. The molecule has 2 heterocycles. The van der Waals surface area contributed by atoms with Crippen molar-refractivity contribution in [2.45, 2.75) is 31.2 Å². The summed E-state index contributed by atoms with van der Waals surface area (Å²) in [6.07, 6.45) is 3.92. The Bertz CT molecular complexity index is 218. The normalized spacial score (nSPS) is 38.4. The molecule has 0 aliphatic carbocycles. The van der Waals surface area contributed by atoms with Gasteiger partial charge in [0, 0.05) is 12.5 Å². The van der Waals surface area contributed by atoms with Gasteiger partial charge in [0.2, 0.25) is 0 Å². The van der Waals surface area contributed by atoms with Crippen LogP contribution in [0.4, 0.5) is 0 Å². The van der Waals surface area contributed by atoms with Crippen molar-refractivity contribution in [3.05, 3.63) is 0 Å². The minimum Gasteiger partial charge on any atom is -0.480 e. The van der Waals surface area contributed by atoms with Gasteiger partial charge in [-0.25, -0.2) is 0 Å². The van der Waals surface area contributed by atoms with Gasteiger partial charge in [0.05, 0.1) is 0 Å². The number of aliphatic carboxylic acids is 1. The van der Waals surface area contributed by atoms with Gasteiger partial charge in [0.15, 0.2) is 0 Å². The van der Waals surface area contributed by atoms with Gasteiger partial charge in [0.1, 0.15) is 5.54 Å². The highest BCUT2D eigenvalue weighted by atomic mass is 16.4. The van der Waals surface area contributed by atoms with Gasteiger partial charge in [-0.2, -0.15) is 0 Å². The number of nitrogens with one attached hydrogen (secondary N) is 2. The SMILES string of the molecule is O=C(O)C1(C2CCNC2)CCCCN1. The van der Waals surface area contributed by atoms with E-state index >= 15 is 0 Å². The molecular formula is C10H18N2O2. The van der Waals surface area contributed by atoms with Crippen LogP contribution in [0.15, 0.2) is 0 Å². The van der Waals surface area contributed by atoms with Crippen LogP contribution in [0.1, 0.15) is 25.7 Å². The van der Waals surface area contributed by atoms with Gasteiger partial charge < -0.3 is 15.7 Å². The highest BCUT2D eigenvalue weighted by Gasteiger charge is 2.47. The first-order chi connectivity index (χ1) is 6.76. The van der Waals surface area contributed by atoms with Gasteiger partial charge in [-0.1, -0.05) is 0 Å². The zero-order valence-electron chi connectivity index (χ0n) is 8.38. The number of rotatable bonds is 2. The maximum absolute atomic E-state index is 11.4. The predicted octanol–water partition coefficient (Wildman–Crippen LogP) is 0.193. The van der Waals surface area contributed by atoms with E-state index in [0.29, 0.717) is 0 Å². The Balaban J connectivity index is 2.15. The summed E-state index contributed by atoms with van der Waals surface area (Å²) in [5.74, 6) is -0.397. The molecule has 3 N–H and O–H groups in total. The molecule has 2 rings (SSSR count). The summed E-state index contributed by atoms with van der Waals surface area (Å²) in [4.78, 5) is 11.4. The molecule has 0 aromatic rings. The number of hydrogen-bond acceptors (Lipinski definition) is 3. The molecular weight excluding hydrogens is 180 g/mol. The van der Waals surface area contributed by atoms with Gasteiger partial charge in [0.25, 0.3) is 0 Å². The summed E-state index contributed by atoms with van der Waals surface area (Å²) in [6.45, 7) is 2.66. The molecule has 4 heteroatoms. The van der Waals surface area contributed by atoms with Crippen LogP contribution >= 0.6 is 0 Å². The fourth-order valence-electron chi connectivity index (χ4n) is 2.71. The third-order valence-corrected chi connectivity index (χ3v) is 3.58. The summed E-state index contributed by atoms with van der Waals surface area (Å²) >= 11 is 0. The average molecular weight is 198 g/mol. The van der Waals surface area contributed by atoms with Crippen LogP contribution in [0.5, 0.6) is 0 Å². The molecule has 0 spiro atoms. The van der Waals surface area contributed by atoms with Crippen molar-refractivity contribution in [1.29, 1.82) is 0 Å². The van der Waals surface area contributed by atoms with Crippen LogP contribution in [0.25, 0.3) is 0 Å². The van der Waals surface area contributed by atoms with E-state index in [2.05, 4.69) is 10.6 Å². The fraction of sp³-hybridized carbons (Fsp3) is 0.900. The number of piperidine rings is 1. The van der Waals surface area contributed by atoms with Crippen molar-refractivity contribution in [3.63, 3.8) is 0 Å². The highest BCUT2D eigenvalue weighted by Crippen LogP contribution is 2.31. The van der Waals surface area contributed by atoms with Crippen molar-refractivity contribution in [1.82, 2.24) is 10.6 Å². The monoisotopic (exact) mass is 198 g/mol.